The molecule has 0 bridgehead atoms. The molecule has 2 atom stereocenters. The van der Waals surface area contributed by atoms with E-state index in [0.29, 0.717) is 12.3 Å². The quantitative estimate of drug-likeness (QED) is 0.529. The predicted molar refractivity (Wildman–Crippen MR) is 118 cm³/mol. The number of hydrogen-bond acceptors (Lipinski definition) is 5. The number of carbonyl (C=O) groups is 1. The molecule has 2 heterocycles. The highest BCUT2D eigenvalue weighted by atomic mass is 32.2. The third-order valence-electron chi connectivity index (χ3n) is 5.24. The van der Waals surface area contributed by atoms with Gasteiger partial charge in [-0.2, -0.15) is 0 Å². The zero-order valence-electron chi connectivity index (χ0n) is 17.9. The molecule has 2 aromatic rings. The standard InChI is InChI=1S/C22H32N4O2S/c1-16-7-5-8-20(19(16)4)26-12-10-24-22(26)29-15-21(27)23-9-6-11-25-13-17(2)28-18(3)14-25/h5,7-8,10,12,17-18H,6,9,11,13-15H2,1-4H3,(H,23,27). The smallest absolute Gasteiger partial charge is 0.230 e. The molecule has 1 aromatic carbocycles. The molecule has 0 aliphatic carbocycles. The van der Waals surface area contributed by atoms with Gasteiger partial charge in [-0.15, -0.1) is 0 Å². The largest absolute Gasteiger partial charge is 0.373 e. The van der Waals surface area contributed by atoms with Crippen LogP contribution >= 0.6 is 11.8 Å². The van der Waals surface area contributed by atoms with Crippen LogP contribution < -0.4 is 5.32 Å². The lowest BCUT2D eigenvalue weighted by Gasteiger charge is -2.35. The molecule has 1 fully saturated rings. The number of nitrogens with zero attached hydrogens (tertiary/aromatic N) is 3. The van der Waals surface area contributed by atoms with Crippen molar-refractivity contribution in [1.29, 1.82) is 0 Å². The minimum atomic E-state index is 0.0502. The van der Waals surface area contributed by atoms with Crippen LogP contribution in [0, 0.1) is 13.8 Å². The van der Waals surface area contributed by atoms with Crippen molar-refractivity contribution in [1.82, 2.24) is 19.8 Å². The average Bonchev–Trinajstić information content (AvgIpc) is 3.13. The van der Waals surface area contributed by atoms with Crippen LogP contribution in [0.4, 0.5) is 0 Å². The van der Waals surface area contributed by atoms with E-state index in [9.17, 15) is 4.79 Å². The summed E-state index contributed by atoms with van der Waals surface area (Å²) in [4.78, 5) is 19.1. The Morgan fingerprint density at radius 1 is 1.28 bits per heavy atom. The molecule has 29 heavy (non-hydrogen) atoms. The molecule has 1 saturated heterocycles. The van der Waals surface area contributed by atoms with Crippen molar-refractivity contribution in [3.63, 3.8) is 0 Å². The minimum Gasteiger partial charge on any atom is -0.373 e. The lowest BCUT2D eigenvalue weighted by molar-refractivity contribution is -0.118. The molecule has 1 aliphatic heterocycles. The van der Waals surface area contributed by atoms with Crippen LogP contribution in [0.25, 0.3) is 5.69 Å². The van der Waals surface area contributed by atoms with E-state index in [1.165, 1.54) is 22.9 Å². The van der Waals surface area contributed by atoms with Gasteiger partial charge in [0.1, 0.15) is 0 Å². The van der Waals surface area contributed by atoms with Gasteiger partial charge in [-0.05, 0) is 51.3 Å². The molecule has 0 saturated carbocycles. The van der Waals surface area contributed by atoms with E-state index in [1.807, 2.05) is 6.20 Å². The average molecular weight is 417 g/mol. The summed E-state index contributed by atoms with van der Waals surface area (Å²) in [6.45, 7) is 12.1. The van der Waals surface area contributed by atoms with E-state index < -0.39 is 0 Å². The second-order valence-electron chi connectivity index (χ2n) is 7.81. The van der Waals surface area contributed by atoms with E-state index in [-0.39, 0.29) is 18.1 Å². The summed E-state index contributed by atoms with van der Waals surface area (Å²) < 4.78 is 7.82. The van der Waals surface area contributed by atoms with E-state index in [4.69, 9.17) is 4.74 Å². The number of hydrogen-bond donors (Lipinski definition) is 1. The first-order valence-electron chi connectivity index (χ1n) is 10.3. The van der Waals surface area contributed by atoms with Crippen molar-refractivity contribution in [2.45, 2.75) is 51.5 Å². The number of amides is 1. The van der Waals surface area contributed by atoms with Crippen molar-refractivity contribution in [3.05, 3.63) is 41.7 Å². The van der Waals surface area contributed by atoms with Gasteiger partial charge >= 0.3 is 0 Å². The molecular weight excluding hydrogens is 384 g/mol. The summed E-state index contributed by atoms with van der Waals surface area (Å²) in [5, 5.41) is 3.87. The number of benzene rings is 1. The third kappa shape index (κ3) is 6.07. The Morgan fingerprint density at radius 2 is 2.03 bits per heavy atom. The maximum Gasteiger partial charge on any atom is 0.230 e. The summed E-state index contributed by atoms with van der Waals surface area (Å²) in [6, 6.07) is 6.24. The zero-order chi connectivity index (χ0) is 20.8. The van der Waals surface area contributed by atoms with Crippen LogP contribution in [-0.4, -0.2) is 64.5 Å². The second-order valence-corrected chi connectivity index (χ2v) is 8.75. The summed E-state index contributed by atoms with van der Waals surface area (Å²) in [7, 11) is 0. The molecule has 7 heteroatoms. The monoisotopic (exact) mass is 416 g/mol. The Bertz CT molecular complexity index is 813. The number of aryl methyl sites for hydroxylation is 1. The van der Waals surface area contributed by atoms with Gasteiger partial charge in [0.25, 0.3) is 0 Å². The molecule has 1 amide bonds. The van der Waals surface area contributed by atoms with Crippen LogP contribution in [-0.2, 0) is 9.53 Å². The van der Waals surface area contributed by atoms with Gasteiger partial charge in [0.2, 0.25) is 5.91 Å². The fourth-order valence-electron chi connectivity index (χ4n) is 3.76. The first-order chi connectivity index (χ1) is 13.9. The molecule has 1 aliphatic rings. The van der Waals surface area contributed by atoms with Crippen LogP contribution in [0.1, 0.15) is 31.4 Å². The SMILES string of the molecule is Cc1cccc(-n2ccnc2SCC(=O)NCCCN2CC(C)OC(C)C2)c1C. The topological polar surface area (TPSA) is 59.4 Å². The van der Waals surface area contributed by atoms with E-state index >= 15 is 0 Å². The van der Waals surface area contributed by atoms with Crippen LogP contribution in [0.3, 0.4) is 0 Å². The molecule has 3 rings (SSSR count). The Balaban J connectivity index is 1.42. The van der Waals surface area contributed by atoms with Crippen LogP contribution in [0.2, 0.25) is 0 Å². The number of carbonyl (C=O) groups excluding carboxylic acids is 1. The summed E-state index contributed by atoms with van der Waals surface area (Å²) >= 11 is 1.47. The fourth-order valence-corrected chi connectivity index (χ4v) is 4.55. The lowest BCUT2D eigenvalue weighted by atomic mass is 10.1. The van der Waals surface area contributed by atoms with Gasteiger partial charge in [0.15, 0.2) is 5.16 Å². The molecule has 158 valence electrons. The van der Waals surface area contributed by atoms with E-state index in [2.05, 4.69) is 65.7 Å². The van der Waals surface area contributed by atoms with Gasteiger partial charge in [0, 0.05) is 38.6 Å². The Morgan fingerprint density at radius 3 is 2.79 bits per heavy atom. The molecule has 0 radical (unpaired) electrons. The Kier molecular flexibility index (Phi) is 7.75. The number of aromatic nitrogens is 2. The van der Waals surface area contributed by atoms with Gasteiger partial charge in [-0.1, -0.05) is 23.9 Å². The molecule has 1 aromatic heterocycles. The normalized spacial score (nSPS) is 20.0. The summed E-state index contributed by atoms with van der Waals surface area (Å²) in [5.74, 6) is 0.419. The molecule has 0 spiro atoms. The van der Waals surface area contributed by atoms with Crippen molar-refractivity contribution in [3.8, 4) is 5.69 Å². The van der Waals surface area contributed by atoms with Crippen molar-refractivity contribution < 1.29 is 9.53 Å². The predicted octanol–water partition coefficient (Wildman–Crippen LogP) is 3.20. The van der Waals surface area contributed by atoms with Crippen molar-refractivity contribution in [2.75, 3.05) is 31.9 Å². The Hall–Kier alpha value is -1.83. The highest BCUT2D eigenvalue weighted by Crippen LogP contribution is 2.24. The van der Waals surface area contributed by atoms with E-state index in [1.54, 1.807) is 6.20 Å². The number of imidazole rings is 1. The maximum absolute atomic E-state index is 12.3. The molecule has 1 N–H and O–H groups in total. The second kappa shape index (κ2) is 10.3. The Labute approximate surface area is 178 Å². The number of rotatable bonds is 8. The van der Waals surface area contributed by atoms with Gasteiger partial charge in [-0.25, -0.2) is 4.98 Å². The number of ether oxygens (including phenoxy) is 1. The molecule has 6 nitrogen and oxygen atoms in total. The lowest BCUT2D eigenvalue weighted by Crippen LogP contribution is -2.46. The third-order valence-corrected chi connectivity index (χ3v) is 6.21. The zero-order valence-corrected chi connectivity index (χ0v) is 18.7. The summed E-state index contributed by atoms with van der Waals surface area (Å²) in [5.41, 5.74) is 3.58. The van der Waals surface area contributed by atoms with Crippen molar-refractivity contribution in [2.24, 2.45) is 0 Å². The van der Waals surface area contributed by atoms with Crippen molar-refractivity contribution >= 4 is 17.7 Å². The van der Waals surface area contributed by atoms with Gasteiger partial charge in [-0.3, -0.25) is 14.3 Å². The maximum atomic E-state index is 12.3. The number of thioether (sulfide) groups is 1. The number of nitrogens with one attached hydrogen (secondary N) is 1. The molecule has 2 unspecified atom stereocenters. The minimum absolute atomic E-state index is 0.0502. The number of morpholine rings is 1. The van der Waals surface area contributed by atoms with Gasteiger partial charge in [0.05, 0.1) is 23.6 Å². The fraction of sp³-hybridized carbons (Fsp3) is 0.545. The van der Waals surface area contributed by atoms with Crippen LogP contribution in [0.15, 0.2) is 35.7 Å². The highest BCUT2D eigenvalue weighted by molar-refractivity contribution is 7.99. The first-order valence-corrected chi connectivity index (χ1v) is 11.3. The van der Waals surface area contributed by atoms with Crippen LogP contribution in [0.5, 0.6) is 0 Å². The summed E-state index contributed by atoms with van der Waals surface area (Å²) in [6.07, 6.45) is 5.25. The van der Waals surface area contributed by atoms with Gasteiger partial charge < -0.3 is 10.1 Å². The first kappa shape index (κ1) is 21.9. The molecular formula is C22H32N4O2S. The highest BCUT2D eigenvalue weighted by Gasteiger charge is 2.21. The van der Waals surface area contributed by atoms with E-state index in [0.717, 1.165) is 36.9 Å².